The zero-order valence-corrected chi connectivity index (χ0v) is 20.2. The van der Waals surface area contributed by atoms with Crippen LogP contribution in [0.3, 0.4) is 0 Å². The van der Waals surface area contributed by atoms with Crippen molar-refractivity contribution in [2.24, 2.45) is 0 Å². The minimum atomic E-state index is -1.34. The molecule has 188 valence electrons. The summed E-state index contributed by atoms with van der Waals surface area (Å²) in [6.07, 6.45) is -1.81. The van der Waals surface area contributed by atoms with Gasteiger partial charge in [-0.15, -0.1) is 0 Å². The van der Waals surface area contributed by atoms with Crippen molar-refractivity contribution in [2.75, 3.05) is 21.3 Å². The van der Waals surface area contributed by atoms with Crippen molar-refractivity contribution in [3.8, 4) is 34.8 Å². The molecule has 3 rings (SSSR count). The third kappa shape index (κ3) is 5.20. The first-order chi connectivity index (χ1) is 16.8. The van der Waals surface area contributed by atoms with E-state index in [4.69, 9.17) is 23.7 Å². The fourth-order valence-electron chi connectivity index (χ4n) is 4.39. The van der Waals surface area contributed by atoms with Gasteiger partial charge in [0.1, 0.15) is 6.10 Å². The summed E-state index contributed by atoms with van der Waals surface area (Å²) >= 11 is 0. The fourth-order valence-corrected chi connectivity index (χ4v) is 4.39. The largest absolute Gasteiger partial charge is 0.493 e. The van der Waals surface area contributed by atoms with Crippen molar-refractivity contribution in [1.82, 2.24) is 0 Å². The van der Waals surface area contributed by atoms with E-state index in [0.29, 0.717) is 40.7 Å². The van der Waals surface area contributed by atoms with Gasteiger partial charge in [0.25, 0.3) is 0 Å². The van der Waals surface area contributed by atoms with Crippen LogP contribution in [-0.2, 0) is 5.41 Å². The Morgan fingerprint density at radius 1 is 1.11 bits per heavy atom. The Hall–Kier alpha value is -3.71. The standard InChI is InChI=1S/C25H30N2O8/c1-5-25(15-26,16-10-11-21(31-2)24(33-4)23(16)32-3)13-12-18(28)17(27(29)30)14-22-34-19-8-6-7-9-20(19)35-22/h6-11,17-18,22,28H,5,12-14H2,1-4H3. The Balaban J connectivity index is 1.79. The van der Waals surface area contributed by atoms with Gasteiger partial charge >= 0.3 is 0 Å². The van der Waals surface area contributed by atoms with Crippen LogP contribution < -0.4 is 23.7 Å². The number of ether oxygens (including phenoxy) is 5. The average molecular weight is 487 g/mol. The van der Waals surface area contributed by atoms with Gasteiger partial charge in [-0.1, -0.05) is 19.1 Å². The molecule has 35 heavy (non-hydrogen) atoms. The van der Waals surface area contributed by atoms with Gasteiger partial charge in [-0.3, -0.25) is 10.1 Å². The number of benzene rings is 2. The molecule has 2 aromatic carbocycles. The zero-order valence-electron chi connectivity index (χ0n) is 20.2. The summed E-state index contributed by atoms with van der Waals surface area (Å²) in [5.41, 5.74) is -0.519. The molecule has 0 bridgehead atoms. The highest BCUT2D eigenvalue weighted by Gasteiger charge is 2.41. The van der Waals surface area contributed by atoms with E-state index in [1.165, 1.54) is 21.3 Å². The summed E-state index contributed by atoms with van der Waals surface area (Å²) in [4.78, 5) is 11.3. The Morgan fingerprint density at radius 3 is 2.23 bits per heavy atom. The third-order valence-electron chi connectivity index (χ3n) is 6.42. The molecule has 1 N–H and O–H groups in total. The molecule has 0 spiro atoms. The smallest absolute Gasteiger partial charge is 0.248 e. The number of nitriles is 1. The molecule has 3 atom stereocenters. The second-order valence-corrected chi connectivity index (χ2v) is 8.24. The van der Waals surface area contributed by atoms with Gasteiger partial charge in [0.05, 0.1) is 39.2 Å². The van der Waals surface area contributed by atoms with Gasteiger partial charge in [-0.2, -0.15) is 5.26 Å². The molecular formula is C25H30N2O8. The molecule has 1 aliphatic rings. The molecule has 0 amide bonds. The van der Waals surface area contributed by atoms with Crippen molar-refractivity contribution in [3.63, 3.8) is 0 Å². The number of aliphatic hydroxyl groups is 1. The number of para-hydroxylation sites is 2. The van der Waals surface area contributed by atoms with E-state index < -0.39 is 28.8 Å². The number of methoxy groups -OCH3 is 3. The molecule has 1 heterocycles. The van der Waals surface area contributed by atoms with Gasteiger partial charge in [-0.05, 0) is 43.5 Å². The molecule has 10 heteroatoms. The van der Waals surface area contributed by atoms with Crippen LogP contribution in [0.15, 0.2) is 36.4 Å². The van der Waals surface area contributed by atoms with Crippen LogP contribution in [0.2, 0.25) is 0 Å². The average Bonchev–Trinajstić information content (AvgIpc) is 3.29. The summed E-state index contributed by atoms with van der Waals surface area (Å²) in [6, 6.07) is 11.4. The van der Waals surface area contributed by atoms with Gasteiger partial charge in [0, 0.05) is 10.5 Å². The molecule has 3 unspecified atom stereocenters. The first kappa shape index (κ1) is 25.9. The van der Waals surface area contributed by atoms with Gasteiger partial charge in [0.2, 0.25) is 18.1 Å². The highest BCUT2D eigenvalue weighted by molar-refractivity contribution is 5.59. The Bertz CT molecular complexity index is 1060. The molecule has 10 nitrogen and oxygen atoms in total. The summed E-state index contributed by atoms with van der Waals surface area (Å²) in [5.74, 6) is 2.15. The van der Waals surface area contributed by atoms with Crippen LogP contribution in [0.25, 0.3) is 0 Å². The van der Waals surface area contributed by atoms with Crippen molar-refractivity contribution < 1.29 is 33.7 Å². The minimum absolute atomic E-state index is 0.00418. The third-order valence-corrected chi connectivity index (χ3v) is 6.42. The molecule has 0 radical (unpaired) electrons. The maximum Gasteiger partial charge on any atom is 0.248 e. The molecule has 0 saturated carbocycles. The summed E-state index contributed by atoms with van der Waals surface area (Å²) < 4.78 is 27.6. The second-order valence-electron chi connectivity index (χ2n) is 8.24. The van der Waals surface area contributed by atoms with E-state index >= 15 is 0 Å². The summed E-state index contributed by atoms with van der Waals surface area (Å²) in [5, 5.41) is 32.8. The highest BCUT2D eigenvalue weighted by atomic mass is 16.7. The highest BCUT2D eigenvalue weighted by Crippen LogP contribution is 2.47. The van der Waals surface area contributed by atoms with Crippen molar-refractivity contribution in [1.29, 1.82) is 5.26 Å². The molecule has 0 aliphatic carbocycles. The molecule has 0 aromatic heterocycles. The summed E-state index contributed by atoms with van der Waals surface area (Å²) in [6.45, 7) is 1.84. The van der Waals surface area contributed by atoms with Crippen LogP contribution in [0, 0.1) is 21.4 Å². The number of rotatable bonds is 12. The Labute approximate surface area is 204 Å². The second kappa shape index (κ2) is 11.1. The van der Waals surface area contributed by atoms with Crippen LogP contribution in [-0.4, -0.2) is 49.8 Å². The van der Waals surface area contributed by atoms with E-state index in [1.807, 2.05) is 6.92 Å². The molecule has 0 fully saturated rings. The number of aliphatic hydroxyl groups excluding tert-OH is 1. The lowest BCUT2D eigenvalue weighted by Crippen LogP contribution is -2.40. The predicted octanol–water partition coefficient (Wildman–Crippen LogP) is 3.86. The van der Waals surface area contributed by atoms with Crippen molar-refractivity contribution in [2.45, 2.75) is 56.5 Å². The van der Waals surface area contributed by atoms with Crippen molar-refractivity contribution in [3.05, 3.63) is 52.1 Å². The quantitative estimate of drug-likeness (QED) is 0.351. The molecular weight excluding hydrogens is 456 g/mol. The number of nitrogens with zero attached hydrogens (tertiary/aromatic N) is 2. The lowest BCUT2D eigenvalue weighted by molar-refractivity contribution is -0.538. The van der Waals surface area contributed by atoms with E-state index in [1.54, 1.807) is 36.4 Å². The normalized spacial score (nSPS) is 16.0. The van der Waals surface area contributed by atoms with Crippen LogP contribution in [0.4, 0.5) is 0 Å². The molecule has 2 aromatic rings. The van der Waals surface area contributed by atoms with Gasteiger partial charge in [0.15, 0.2) is 23.0 Å². The molecule has 1 aliphatic heterocycles. The van der Waals surface area contributed by atoms with E-state index in [9.17, 15) is 20.5 Å². The Morgan fingerprint density at radius 2 is 1.74 bits per heavy atom. The first-order valence-corrected chi connectivity index (χ1v) is 11.3. The van der Waals surface area contributed by atoms with Crippen LogP contribution in [0.5, 0.6) is 28.7 Å². The Kier molecular flexibility index (Phi) is 8.25. The molecule has 0 saturated heterocycles. The van der Waals surface area contributed by atoms with Gasteiger partial charge in [-0.25, -0.2) is 0 Å². The number of fused-ring (bicyclic) bond motifs is 1. The van der Waals surface area contributed by atoms with E-state index in [2.05, 4.69) is 6.07 Å². The van der Waals surface area contributed by atoms with Crippen LogP contribution in [0.1, 0.15) is 38.2 Å². The summed E-state index contributed by atoms with van der Waals surface area (Å²) in [7, 11) is 4.44. The lowest BCUT2D eigenvalue weighted by atomic mass is 9.74. The van der Waals surface area contributed by atoms with Gasteiger partial charge < -0.3 is 28.8 Å². The number of hydrogen-bond donors (Lipinski definition) is 1. The SMILES string of the molecule is CCC(C#N)(CCC(O)C(CC1Oc2ccccc2O1)[N+](=O)[O-])c1ccc(OC)c(OC)c1OC. The first-order valence-electron chi connectivity index (χ1n) is 11.3. The monoisotopic (exact) mass is 486 g/mol. The zero-order chi connectivity index (χ0) is 25.6. The predicted molar refractivity (Wildman–Crippen MR) is 126 cm³/mol. The lowest BCUT2D eigenvalue weighted by Gasteiger charge is -2.30. The fraction of sp³-hybridized carbons (Fsp3) is 0.480. The van der Waals surface area contributed by atoms with E-state index in [-0.39, 0.29) is 19.3 Å². The number of nitro groups is 1. The number of hydrogen-bond acceptors (Lipinski definition) is 9. The van der Waals surface area contributed by atoms with E-state index in [0.717, 1.165) is 0 Å². The maximum atomic E-state index is 11.8. The van der Waals surface area contributed by atoms with Crippen molar-refractivity contribution >= 4 is 0 Å². The maximum absolute atomic E-state index is 11.8. The van der Waals surface area contributed by atoms with Crippen LogP contribution >= 0.6 is 0 Å². The topological polar surface area (TPSA) is 133 Å². The minimum Gasteiger partial charge on any atom is -0.493 e.